The minimum Gasteiger partial charge on any atom is -0.478 e. The highest BCUT2D eigenvalue weighted by Crippen LogP contribution is 2.31. The van der Waals surface area contributed by atoms with Crippen molar-refractivity contribution in [2.45, 2.75) is 24.9 Å². The summed E-state index contributed by atoms with van der Waals surface area (Å²) in [6, 6.07) is 6.68. The van der Waals surface area contributed by atoms with Gasteiger partial charge in [-0.15, -0.1) is 0 Å². The van der Waals surface area contributed by atoms with Gasteiger partial charge in [-0.05, 0) is 29.3 Å². The molecule has 1 aliphatic rings. The molecule has 142 valence electrons. The number of nitrogens with two attached hydrogens (primary N) is 1. The first kappa shape index (κ1) is 18.9. The number of benzene rings is 2. The maximum atomic E-state index is 14.0. The Morgan fingerprint density at radius 1 is 1.15 bits per heavy atom. The topological polar surface area (TPSA) is 83.6 Å². The number of nitrogens with zero attached hydrogens (tertiary/aromatic N) is 1. The van der Waals surface area contributed by atoms with Gasteiger partial charge in [0.25, 0.3) is 0 Å². The van der Waals surface area contributed by atoms with Crippen LogP contribution in [0, 0.1) is 17.5 Å². The summed E-state index contributed by atoms with van der Waals surface area (Å²) in [5.74, 6) is -5.61. The Morgan fingerprint density at radius 3 is 2.56 bits per heavy atom. The summed E-state index contributed by atoms with van der Waals surface area (Å²) in [5, 5.41) is 9.04. The number of carbonyl (C=O) groups excluding carboxylic acids is 1. The quantitative estimate of drug-likeness (QED) is 0.802. The third-order valence-electron chi connectivity index (χ3n) is 4.68. The van der Waals surface area contributed by atoms with E-state index < -0.39 is 35.4 Å². The molecule has 1 amide bonds. The van der Waals surface area contributed by atoms with E-state index in [0.29, 0.717) is 11.6 Å². The van der Waals surface area contributed by atoms with Crippen LogP contribution in [0.5, 0.6) is 0 Å². The van der Waals surface area contributed by atoms with Gasteiger partial charge in [0.1, 0.15) is 5.82 Å². The second-order valence-electron chi connectivity index (χ2n) is 6.54. The molecule has 0 aromatic heterocycles. The molecule has 8 heteroatoms. The molecule has 1 heterocycles. The molecule has 2 aromatic carbocycles. The lowest BCUT2D eigenvalue weighted by atomic mass is 9.84. The Labute approximate surface area is 153 Å². The second-order valence-corrected chi connectivity index (χ2v) is 6.54. The summed E-state index contributed by atoms with van der Waals surface area (Å²) < 4.78 is 40.6. The second kappa shape index (κ2) is 7.40. The van der Waals surface area contributed by atoms with Crippen molar-refractivity contribution in [3.63, 3.8) is 0 Å². The normalized spacial score (nSPS) is 20.0. The van der Waals surface area contributed by atoms with Crippen molar-refractivity contribution in [2.24, 2.45) is 5.73 Å². The average Bonchev–Trinajstić information content (AvgIpc) is 2.61. The molecule has 1 aliphatic heterocycles. The molecule has 5 nitrogen and oxygen atoms in total. The lowest BCUT2D eigenvalue weighted by molar-refractivity contribution is -0.135. The molecule has 1 saturated heterocycles. The van der Waals surface area contributed by atoms with Crippen LogP contribution in [-0.4, -0.2) is 34.5 Å². The number of aromatic carboxylic acids is 1. The Bertz CT molecular complexity index is 904. The number of hydrogen-bond donors (Lipinski definition) is 2. The molecule has 0 bridgehead atoms. The summed E-state index contributed by atoms with van der Waals surface area (Å²) in [6.45, 7) is 0.236. The molecule has 0 aliphatic carbocycles. The van der Waals surface area contributed by atoms with Crippen molar-refractivity contribution < 1.29 is 27.9 Å². The van der Waals surface area contributed by atoms with Crippen molar-refractivity contribution in [3.8, 4) is 0 Å². The van der Waals surface area contributed by atoms with Crippen LogP contribution in [0.3, 0.4) is 0 Å². The molecule has 2 atom stereocenters. The number of halogens is 3. The lowest BCUT2D eigenvalue weighted by Gasteiger charge is -2.36. The zero-order valence-corrected chi connectivity index (χ0v) is 14.2. The molecule has 3 rings (SSSR count). The first-order valence-corrected chi connectivity index (χ1v) is 8.26. The first-order chi connectivity index (χ1) is 12.8. The van der Waals surface area contributed by atoms with Gasteiger partial charge in [0.05, 0.1) is 5.56 Å². The smallest absolute Gasteiger partial charge is 0.335 e. The van der Waals surface area contributed by atoms with E-state index in [1.807, 2.05) is 0 Å². The number of likely N-dealkylation sites (tertiary alicyclic amines) is 1. The Kier molecular flexibility index (Phi) is 5.18. The van der Waals surface area contributed by atoms with Crippen LogP contribution in [0.2, 0.25) is 0 Å². The summed E-state index contributed by atoms with van der Waals surface area (Å²) in [6.07, 6.45) is -0.151. The number of piperidine rings is 1. The Balaban J connectivity index is 1.78. The standard InChI is InChI=1S/C19H17F3N2O3/c20-14-7-16(22)15(21)5-12(14)13-6-18(25)24(9-17(13)23)8-10-2-1-3-11(4-10)19(26)27/h1-5,7,13,17H,6,8-9,23H2,(H,26,27)/t13-,17+/m1/s1. The van der Waals surface area contributed by atoms with Crippen LogP contribution >= 0.6 is 0 Å². The predicted molar refractivity (Wildman–Crippen MR) is 90.5 cm³/mol. The summed E-state index contributed by atoms with van der Waals surface area (Å²) in [4.78, 5) is 25.0. The maximum Gasteiger partial charge on any atom is 0.335 e. The van der Waals surface area contributed by atoms with Crippen molar-refractivity contribution in [2.75, 3.05) is 6.54 Å². The SMILES string of the molecule is N[C@H]1CN(Cc2cccc(C(=O)O)c2)C(=O)C[C@@H]1c1cc(F)c(F)cc1F. The molecule has 0 unspecified atom stereocenters. The van der Waals surface area contributed by atoms with Gasteiger partial charge >= 0.3 is 5.97 Å². The predicted octanol–water partition coefficient (Wildman–Crippen LogP) is 2.65. The third-order valence-corrected chi connectivity index (χ3v) is 4.68. The van der Waals surface area contributed by atoms with Gasteiger partial charge in [-0.2, -0.15) is 0 Å². The number of rotatable bonds is 4. The van der Waals surface area contributed by atoms with Crippen LogP contribution in [0.1, 0.15) is 33.8 Å². The highest BCUT2D eigenvalue weighted by atomic mass is 19.2. The fourth-order valence-corrected chi connectivity index (χ4v) is 3.29. The van der Waals surface area contributed by atoms with Gasteiger partial charge in [0.2, 0.25) is 5.91 Å². The van der Waals surface area contributed by atoms with Crippen molar-refractivity contribution in [1.82, 2.24) is 4.90 Å². The van der Waals surface area contributed by atoms with E-state index in [1.54, 1.807) is 12.1 Å². The lowest BCUT2D eigenvalue weighted by Crippen LogP contribution is -2.50. The molecule has 0 radical (unpaired) electrons. The fraction of sp³-hybridized carbons (Fsp3) is 0.263. The van der Waals surface area contributed by atoms with E-state index in [1.165, 1.54) is 17.0 Å². The Hall–Kier alpha value is -2.87. The Morgan fingerprint density at radius 2 is 1.85 bits per heavy atom. The van der Waals surface area contributed by atoms with Gasteiger partial charge in [0.15, 0.2) is 11.6 Å². The minimum atomic E-state index is -1.30. The molecule has 0 spiro atoms. The zero-order valence-electron chi connectivity index (χ0n) is 14.2. The highest BCUT2D eigenvalue weighted by molar-refractivity contribution is 5.87. The van der Waals surface area contributed by atoms with Gasteiger partial charge in [-0.1, -0.05) is 12.1 Å². The van der Waals surface area contributed by atoms with Crippen LogP contribution < -0.4 is 5.73 Å². The van der Waals surface area contributed by atoms with Gasteiger partial charge in [-0.25, -0.2) is 18.0 Å². The molecule has 1 fully saturated rings. The number of carbonyl (C=O) groups is 2. The van der Waals surface area contributed by atoms with Crippen molar-refractivity contribution >= 4 is 11.9 Å². The van der Waals surface area contributed by atoms with Crippen molar-refractivity contribution in [3.05, 3.63) is 70.5 Å². The largest absolute Gasteiger partial charge is 0.478 e. The fourth-order valence-electron chi connectivity index (χ4n) is 3.29. The number of hydrogen-bond acceptors (Lipinski definition) is 3. The minimum absolute atomic E-state index is 0.0826. The van der Waals surface area contributed by atoms with E-state index in [2.05, 4.69) is 0 Å². The molecule has 2 aromatic rings. The molecule has 3 N–H and O–H groups in total. The van der Waals surface area contributed by atoms with Crippen molar-refractivity contribution in [1.29, 1.82) is 0 Å². The summed E-state index contributed by atoms with van der Waals surface area (Å²) in [5.41, 5.74) is 6.68. The monoisotopic (exact) mass is 378 g/mol. The number of carboxylic acids is 1. The van der Waals surface area contributed by atoms with Gasteiger partial charge in [-0.3, -0.25) is 4.79 Å². The van der Waals surface area contributed by atoms with E-state index in [-0.39, 0.29) is 36.5 Å². The van der Waals surface area contributed by atoms with Gasteiger partial charge in [0, 0.05) is 37.5 Å². The van der Waals surface area contributed by atoms with Crippen LogP contribution in [0.25, 0.3) is 0 Å². The first-order valence-electron chi connectivity index (χ1n) is 8.26. The molecular formula is C19H17F3N2O3. The average molecular weight is 378 g/mol. The highest BCUT2D eigenvalue weighted by Gasteiger charge is 2.35. The van der Waals surface area contributed by atoms with E-state index in [9.17, 15) is 22.8 Å². The van der Waals surface area contributed by atoms with Crippen LogP contribution in [0.15, 0.2) is 36.4 Å². The number of amides is 1. The molecular weight excluding hydrogens is 361 g/mol. The summed E-state index contributed by atoms with van der Waals surface area (Å²) in [7, 11) is 0. The zero-order chi connectivity index (χ0) is 19.7. The number of carboxylic acid groups (broad SMARTS) is 1. The molecule has 27 heavy (non-hydrogen) atoms. The van der Waals surface area contributed by atoms with Crippen LogP contribution in [0.4, 0.5) is 13.2 Å². The maximum absolute atomic E-state index is 14.0. The van der Waals surface area contributed by atoms with E-state index >= 15 is 0 Å². The van der Waals surface area contributed by atoms with Crippen LogP contribution in [-0.2, 0) is 11.3 Å². The van der Waals surface area contributed by atoms with Gasteiger partial charge < -0.3 is 15.7 Å². The summed E-state index contributed by atoms with van der Waals surface area (Å²) >= 11 is 0. The van der Waals surface area contributed by atoms with E-state index in [4.69, 9.17) is 10.8 Å². The third kappa shape index (κ3) is 3.95. The molecule has 0 saturated carbocycles. The van der Waals surface area contributed by atoms with E-state index in [0.717, 1.165) is 6.07 Å².